The molecule has 2 atom stereocenters. The molecule has 2 N–H and O–H groups in total. The molecule has 2 heterocycles. The van der Waals surface area contributed by atoms with E-state index in [4.69, 9.17) is 14.6 Å². The summed E-state index contributed by atoms with van der Waals surface area (Å²) >= 11 is 0. The minimum atomic E-state index is -0.608. The number of aromatic nitrogens is 2. The van der Waals surface area contributed by atoms with Crippen LogP contribution in [-0.2, 0) is 11.2 Å². The second kappa shape index (κ2) is 7.92. The molecule has 150 valence electrons. The molecule has 8 nitrogen and oxygen atoms in total. The number of aliphatic hydroxyl groups is 1. The molecule has 0 spiro atoms. The first-order valence-electron chi connectivity index (χ1n) is 9.35. The Hall–Kier alpha value is -3.39. The second-order valence-corrected chi connectivity index (χ2v) is 6.80. The van der Waals surface area contributed by atoms with Gasteiger partial charge in [0.1, 0.15) is 11.8 Å². The zero-order valence-electron chi connectivity index (χ0n) is 15.9. The van der Waals surface area contributed by atoms with Crippen LogP contribution in [0.15, 0.2) is 42.6 Å². The minimum absolute atomic E-state index is 0.116. The quantitative estimate of drug-likeness (QED) is 0.621. The molecule has 1 aliphatic carbocycles. The minimum Gasteiger partial charge on any atom is -0.478 e. The van der Waals surface area contributed by atoms with E-state index in [2.05, 4.69) is 10.3 Å². The van der Waals surface area contributed by atoms with Crippen molar-refractivity contribution in [3.63, 3.8) is 0 Å². The number of rotatable bonds is 6. The van der Waals surface area contributed by atoms with Crippen molar-refractivity contribution >= 4 is 18.0 Å². The van der Waals surface area contributed by atoms with Crippen molar-refractivity contribution < 1.29 is 24.2 Å². The molecule has 1 aromatic carbocycles. The lowest BCUT2D eigenvalue weighted by Gasteiger charge is -2.22. The molecule has 1 aliphatic rings. The number of nitrogens with zero attached hydrogens (tertiary/aromatic N) is 2. The van der Waals surface area contributed by atoms with Crippen molar-refractivity contribution in [2.45, 2.75) is 25.6 Å². The van der Waals surface area contributed by atoms with E-state index in [9.17, 15) is 9.59 Å². The van der Waals surface area contributed by atoms with Crippen molar-refractivity contribution in [3.8, 4) is 5.75 Å². The topological polar surface area (TPSA) is 102 Å². The van der Waals surface area contributed by atoms with Crippen LogP contribution in [-0.4, -0.2) is 46.1 Å². The van der Waals surface area contributed by atoms with Gasteiger partial charge in [-0.15, -0.1) is 0 Å². The second-order valence-electron chi connectivity index (χ2n) is 6.80. The lowest BCUT2D eigenvalue weighted by molar-refractivity contribution is 0.0260. The molecule has 4 rings (SSSR count). The molecular formula is C21H21N3O5. The van der Waals surface area contributed by atoms with Gasteiger partial charge in [-0.25, -0.2) is 9.78 Å². The van der Waals surface area contributed by atoms with Crippen LogP contribution in [0.2, 0.25) is 0 Å². The van der Waals surface area contributed by atoms with Crippen LogP contribution >= 0.6 is 0 Å². The zero-order valence-corrected chi connectivity index (χ0v) is 15.9. The van der Waals surface area contributed by atoms with E-state index in [1.165, 1.54) is 0 Å². The van der Waals surface area contributed by atoms with E-state index >= 15 is 0 Å². The average Bonchev–Trinajstić information content (AvgIpc) is 3.23. The van der Waals surface area contributed by atoms with Crippen molar-refractivity contribution in [2.24, 2.45) is 0 Å². The summed E-state index contributed by atoms with van der Waals surface area (Å²) in [7, 11) is 0. The Morgan fingerprint density at radius 1 is 1.34 bits per heavy atom. The van der Waals surface area contributed by atoms with E-state index in [-0.39, 0.29) is 13.2 Å². The van der Waals surface area contributed by atoms with Gasteiger partial charge in [0, 0.05) is 19.2 Å². The summed E-state index contributed by atoms with van der Waals surface area (Å²) in [5, 5.41) is 11.4. The molecule has 2 unspecified atom stereocenters. The number of amides is 1. The molecule has 0 saturated heterocycles. The Morgan fingerprint density at radius 2 is 2.17 bits per heavy atom. The van der Waals surface area contributed by atoms with E-state index < -0.39 is 18.3 Å². The third-order valence-electron chi connectivity index (χ3n) is 4.96. The van der Waals surface area contributed by atoms with Crippen molar-refractivity contribution in [3.05, 3.63) is 65.1 Å². The number of benzene rings is 1. The number of aliphatic hydroxyl groups excluding tert-OH is 1. The van der Waals surface area contributed by atoms with Gasteiger partial charge in [0.2, 0.25) is 0 Å². The summed E-state index contributed by atoms with van der Waals surface area (Å²) in [5.41, 5.74) is 3.58. The summed E-state index contributed by atoms with van der Waals surface area (Å²) in [6.45, 7) is 1.72. The van der Waals surface area contributed by atoms with Crippen LogP contribution in [0.25, 0.3) is 5.65 Å². The van der Waals surface area contributed by atoms with Gasteiger partial charge in [-0.3, -0.25) is 9.20 Å². The molecule has 29 heavy (non-hydrogen) atoms. The predicted octanol–water partition coefficient (Wildman–Crippen LogP) is 2.22. The average molecular weight is 395 g/mol. The number of hydrogen-bond acceptors (Lipinski definition) is 6. The first-order valence-corrected chi connectivity index (χ1v) is 9.35. The van der Waals surface area contributed by atoms with Crippen LogP contribution in [0.1, 0.15) is 33.4 Å². The molecular weight excluding hydrogens is 374 g/mol. The van der Waals surface area contributed by atoms with Gasteiger partial charge >= 0.3 is 6.09 Å². The van der Waals surface area contributed by atoms with E-state index in [0.29, 0.717) is 29.2 Å². The SMILES string of the molecule is Cc1nc2c(OC3c4ccccc4CC3OC(=O)NCCO)cccn2c1C=O. The zero-order chi connectivity index (χ0) is 20.4. The number of aldehydes is 1. The number of carbonyl (C=O) groups excluding carboxylic acids is 2. The number of nitrogens with one attached hydrogen (secondary N) is 1. The lowest BCUT2D eigenvalue weighted by atomic mass is 10.1. The van der Waals surface area contributed by atoms with Crippen LogP contribution in [0.3, 0.4) is 0 Å². The normalized spacial score (nSPS) is 17.7. The van der Waals surface area contributed by atoms with E-state index in [0.717, 1.165) is 17.4 Å². The molecule has 0 aliphatic heterocycles. The van der Waals surface area contributed by atoms with Gasteiger partial charge in [0.25, 0.3) is 0 Å². The molecule has 0 bridgehead atoms. The van der Waals surface area contributed by atoms with Gasteiger partial charge < -0.3 is 19.9 Å². The molecule has 1 amide bonds. The van der Waals surface area contributed by atoms with Crippen LogP contribution in [0.5, 0.6) is 5.75 Å². The maximum Gasteiger partial charge on any atom is 0.407 e. The van der Waals surface area contributed by atoms with E-state index in [1.54, 1.807) is 29.7 Å². The van der Waals surface area contributed by atoms with Gasteiger partial charge in [-0.2, -0.15) is 0 Å². The highest BCUT2D eigenvalue weighted by Crippen LogP contribution is 2.38. The fourth-order valence-electron chi connectivity index (χ4n) is 3.65. The first-order chi connectivity index (χ1) is 14.1. The third kappa shape index (κ3) is 3.54. The Bertz CT molecular complexity index is 1060. The Kier molecular flexibility index (Phi) is 5.18. The van der Waals surface area contributed by atoms with E-state index in [1.807, 2.05) is 24.3 Å². The van der Waals surface area contributed by atoms with Crippen molar-refractivity contribution in [2.75, 3.05) is 13.2 Å². The summed E-state index contributed by atoms with van der Waals surface area (Å²) in [6, 6.07) is 11.3. The maximum absolute atomic E-state index is 12.1. The van der Waals surface area contributed by atoms with Crippen LogP contribution < -0.4 is 10.1 Å². The molecule has 2 aromatic heterocycles. The first kappa shape index (κ1) is 18.9. The smallest absolute Gasteiger partial charge is 0.407 e. The Balaban J connectivity index is 1.67. The number of alkyl carbamates (subject to hydrolysis) is 1. The monoisotopic (exact) mass is 395 g/mol. The number of ether oxygens (including phenoxy) is 2. The number of carbonyl (C=O) groups is 2. The fourth-order valence-corrected chi connectivity index (χ4v) is 3.65. The highest BCUT2D eigenvalue weighted by atomic mass is 16.6. The molecule has 0 radical (unpaired) electrons. The molecule has 3 aromatic rings. The van der Waals surface area contributed by atoms with Crippen LogP contribution in [0.4, 0.5) is 4.79 Å². The number of aryl methyl sites for hydroxylation is 1. The highest BCUT2D eigenvalue weighted by molar-refractivity contribution is 5.77. The summed E-state index contributed by atoms with van der Waals surface area (Å²) in [4.78, 5) is 27.9. The van der Waals surface area contributed by atoms with Gasteiger partial charge in [0.05, 0.1) is 12.3 Å². The number of pyridine rings is 1. The highest BCUT2D eigenvalue weighted by Gasteiger charge is 2.37. The number of hydrogen-bond donors (Lipinski definition) is 2. The van der Waals surface area contributed by atoms with Gasteiger partial charge in [-0.05, 0) is 30.2 Å². The lowest BCUT2D eigenvalue weighted by Crippen LogP contribution is -2.34. The van der Waals surface area contributed by atoms with Crippen molar-refractivity contribution in [1.82, 2.24) is 14.7 Å². The van der Waals surface area contributed by atoms with Crippen LogP contribution in [0, 0.1) is 6.92 Å². The summed E-state index contributed by atoms with van der Waals surface area (Å²) < 4.78 is 13.5. The Morgan fingerprint density at radius 3 is 2.97 bits per heavy atom. The predicted molar refractivity (Wildman–Crippen MR) is 104 cm³/mol. The molecule has 8 heteroatoms. The molecule has 0 saturated carbocycles. The molecule has 0 fully saturated rings. The van der Waals surface area contributed by atoms with Gasteiger partial charge in [-0.1, -0.05) is 24.3 Å². The van der Waals surface area contributed by atoms with Gasteiger partial charge in [0.15, 0.2) is 23.8 Å². The fraction of sp³-hybridized carbons (Fsp3) is 0.286. The number of fused-ring (bicyclic) bond motifs is 2. The Labute approximate surface area is 167 Å². The number of imidazole rings is 1. The summed E-state index contributed by atoms with van der Waals surface area (Å²) in [5.74, 6) is 0.495. The standard InChI is InChI=1S/C21H21N3O5/c1-13-16(12-26)24-9-4-7-17(20(24)23-13)28-19-15-6-3-2-5-14(15)11-18(19)29-21(27)22-8-10-25/h2-7,9,12,18-19,25H,8,10-11H2,1H3,(H,22,27). The largest absolute Gasteiger partial charge is 0.478 e. The summed E-state index contributed by atoms with van der Waals surface area (Å²) in [6.07, 6.45) is 1.38. The van der Waals surface area contributed by atoms with Crippen molar-refractivity contribution in [1.29, 1.82) is 0 Å². The third-order valence-corrected chi connectivity index (χ3v) is 4.96. The maximum atomic E-state index is 12.1.